The number of aliphatic carboxylic acids is 1. The summed E-state index contributed by atoms with van der Waals surface area (Å²) in [6.07, 6.45) is 2.03. The Morgan fingerprint density at radius 1 is 1.46 bits per heavy atom. The maximum absolute atomic E-state index is 12.7. The number of thioether (sulfide) groups is 2. The van der Waals surface area contributed by atoms with Crippen LogP contribution >= 0.6 is 34.9 Å². The van der Waals surface area contributed by atoms with Gasteiger partial charge in [0.15, 0.2) is 10.8 Å². The molecule has 3 heterocycles. The number of amidine groups is 1. The van der Waals surface area contributed by atoms with E-state index in [0.29, 0.717) is 0 Å². The second-order valence-corrected chi connectivity index (χ2v) is 11.3. The average molecular weight is 570 g/mol. The zero-order valence-corrected chi connectivity index (χ0v) is 23.3. The number of carboxylic acids is 1. The maximum atomic E-state index is 12.7. The van der Waals surface area contributed by atoms with E-state index in [1.54, 1.807) is 0 Å². The molecule has 1 unspecified atom stereocenters. The minimum absolute atomic E-state index is 0. The molecule has 0 bridgehead atoms. The van der Waals surface area contributed by atoms with Crippen LogP contribution in [0.4, 0.5) is 5.13 Å². The number of amides is 2. The largest absolute Gasteiger partial charge is 1.00 e. The van der Waals surface area contributed by atoms with E-state index in [4.69, 9.17) is 11.5 Å². The Morgan fingerprint density at radius 3 is 2.69 bits per heavy atom. The van der Waals surface area contributed by atoms with Crippen LogP contribution < -0.4 is 51.4 Å². The van der Waals surface area contributed by atoms with Crippen molar-refractivity contribution < 1.29 is 62.7 Å². The van der Waals surface area contributed by atoms with E-state index in [0.717, 1.165) is 34.3 Å². The second-order valence-electron chi connectivity index (χ2n) is 6.61. The van der Waals surface area contributed by atoms with Crippen molar-refractivity contribution in [3.63, 3.8) is 0 Å². The Morgan fingerprint density at radius 2 is 2.14 bits per heavy atom. The van der Waals surface area contributed by atoms with E-state index in [9.17, 15) is 33.1 Å². The summed E-state index contributed by atoms with van der Waals surface area (Å²) in [6, 6.07) is -1.08. The number of aromatic nitrogens is 1. The van der Waals surface area contributed by atoms with Crippen molar-refractivity contribution in [2.75, 3.05) is 17.7 Å². The summed E-state index contributed by atoms with van der Waals surface area (Å²) in [5, 5.41) is 28.4. The Kier molecular flexibility index (Phi) is 9.79. The number of hydrogen-bond donors (Lipinski definition) is 4. The van der Waals surface area contributed by atoms with Crippen LogP contribution in [0.3, 0.4) is 0 Å². The van der Waals surface area contributed by atoms with Crippen LogP contribution in [0.25, 0.3) is 0 Å². The molecule has 1 aromatic rings. The number of nitrogens with one attached hydrogen (secondary N) is 1. The van der Waals surface area contributed by atoms with Crippen LogP contribution in [0.1, 0.15) is 5.69 Å². The third-order valence-corrected chi connectivity index (χ3v) is 7.79. The summed E-state index contributed by atoms with van der Waals surface area (Å²) < 4.78 is 25.5. The number of nitrogens with zero attached hydrogens (tertiary/aromatic N) is 4. The SMILES string of the molecule is CS(=O)(=O)/N=C(N)/C=C/SC1=C(C(=O)[O-])N2C(=O)C(NC(=O)/C(=N\O)c3csc(N)n3)[C@H]2SC1.[Na+]. The van der Waals surface area contributed by atoms with Crippen molar-refractivity contribution in [1.82, 2.24) is 15.2 Å². The van der Waals surface area contributed by atoms with Gasteiger partial charge >= 0.3 is 29.6 Å². The number of sulfonamides is 1. The molecule has 3 rings (SSSR count). The topological polar surface area (TPSA) is 234 Å². The molecule has 1 fully saturated rings. The number of rotatable bonds is 8. The van der Waals surface area contributed by atoms with Crippen molar-refractivity contribution >= 4 is 79.3 Å². The minimum Gasteiger partial charge on any atom is -0.543 e. The van der Waals surface area contributed by atoms with Crippen LogP contribution in [0, 0.1) is 0 Å². The number of fused-ring (bicyclic) bond motifs is 1. The Hall–Kier alpha value is -2.09. The smallest absolute Gasteiger partial charge is 0.543 e. The zero-order chi connectivity index (χ0) is 25.2. The fourth-order valence-electron chi connectivity index (χ4n) is 2.90. The number of anilines is 1. The van der Waals surface area contributed by atoms with Gasteiger partial charge in [-0.1, -0.05) is 16.9 Å². The molecule has 1 saturated heterocycles. The molecular formula is C16H16N7NaO7S4. The van der Waals surface area contributed by atoms with Crippen LogP contribution in [-0.4, -0.2) is 76.3 Å². The molecule has 2 aliphatic rings. The van der Waals surface area contributed by atoms with E-state index >= 15 is 0 Å². The number of β-lactam (4-membered cyclic amide) rings is 1. The number of oxime groups is 1. The van der Waals surface area contributed by atoms with Gasteiger partial charge < -0.3 is 31.9 Å². The molecule has 0 aromatic carbocycles. The molecule has 2 amide bonds. The van der Waals surface area contributed by atoms with Crippen molar-refractivity contribution in [3.8, 4) is 0 Å². The summed E-state index contributed by atoms with van der Waals surface area (Å²) in [7, 11) is -3.70. The average Bonchev–Trinajstić information content (AvgIpc) is 3.16. The van der Waals surface area contributed by atoms with Crippen LogP contribution in [0.15, 0.2) is 37.0 Å². The molecular weight excluding hydrogens is 553 g/mol. The number of nitrogen functional groups attached to an aromatic ring is 1. The maximum Gasteiger partial charge on any atom is 1.00 e. The fourth-order valence-corrected chi connectivity index (χ4v) is 6.22. The third kappa shape index (κ3) is 6.78. The number of thiazole rings is 1. The van der Waals surface area contributed by atoms with Gasteiger partial charge in [0, 0.05) is 16.0 Å². The van der Waals surface area contributed by atoms with Gasteiger partial charge in [-0.2, -0.15) is 0 Å². The molecule has 2 aliphatic heterocycles. The monoisotopic (exact) mass is 569 g/mol. The normalized spacial score (nSPS) is 20.8. The molecule has 6 N–H and O–H groups in total. The Labute approximate surface area is 233 Å². The van der Waals surface area contributed by atoms with E-state index < -0.39 is 44.9 Å². The number of carbonyl (C=O) groups excluding carboxylic acids is 3. The van der Waals surface area contributed by atoms with Crippen molar-refractivity contribution in [2.24, 2.45) is 15.3 Å². The molecule has 14 nitrogen and oxygen atoms in total. The quantitative estimate of drug-likeness (QED) is 0.0574. The van der Waals surface area contributed by atoms with Gasteiger partial charge in [-0.15, -0.1) is 27.5 Å². The molecule has 1 aromatic heterocycles. The van der Waals surface area contributed by atoms with Gasteiger partial charge in [0.05, 0.1) is 17.9 Å². The summed E-state index contributed by atoms with van der Waals surface area (Å²) in [5.74, 6) is -3.37. The minimum atomic E-state index is -3.70. The van der Waals surface area contributed by atoms with Gasteiger partial charge in [0.2, 0.25) is 0 Å². The third-order valence-electron chi connectivity index (χ3n) is 4.21. The van der Waals surface area contributed by atoms with Crippen molar-refractivity contribution in [2.45, 2.75) is 11.4 Å². The Bertz CT molecular complexity index is 1270. The molecule has 0 aliphatic carbocycles. The predicted molar refractivity (Wildman–Crippen MR) is 125 cm³/mol. The van der Waals surface area contributed by atoms with Crippen LogP contribution in [0.5, 0.6) is 0 Å². The number of carbonyl (C=O) groups is 3. The van der Waals surface area contributed by atoms with Crippen LogP contribution in [-0.2, 0) is 24.4 Å². The van der Waals surface area contributed by atoms with Gasteiger partial charge in [0.1, 0.15) is 22.9 Å². The second kappa shape index (κ2) is 11.8. The van der Waals surface area contributed by atoms with E-state index in [1.807, 2.05) is 0 Å². The number of nitrogens with two attached hydrogens (primary N) is 2. The molecule has 0 saturated carbocycles. The molecule has 19 heteroatoms. The first-order valence-electron chi connectivity index (χ1n) is 8.95. The molecule has 182 valence electrons. The van der Waals surface area contributed by atoms with Gasteiger partial charge in [-0.05, 0) is 11.5 Å². The molecule has 35 heavy (non-hydrogen) atoms. The summed E-state index contributed by atoms with van der Waals surface area (Å²) >= 11 is 3.10. The summed E-state index contributed by atoms with van der Waals surface area (Å²) in [5.41, 5.74) is 10.2. The summed E-state index contributed by atoms with van der Waals surface area (Å²) in [4.78, 5) is 42.0. The zero-order valence-electron chi connectivity index (χ0n) is 18.1. The van der Waals surface area contributed by atoms with Gasteiger partial charge in [-0.25, -0.2) is 13.4 Å². The number of carboxylic acid groups (broad SMARTS) is 1. The van der Waals surface area contributed by atoms with Gasteiger partial charge in [-0.3, -0.25) is 14.5 Å². The molecule has 0 spiro atoms. The standard InChI is InChI=1S/C16H17N7O7S4.Na/c1-34(29,30)22-8(17)2-3-31-7-5-32-14-10(13(25)23(14)11(7)15(26)27)20-12(24)9(21-28)6-4-33-16(18)19-6;/h2-4,10,14,28H,5H2,1H3,(H2,17,22)(H2,18,19)(H,20,24)(H,26,27);/q;+1/p-1/b3-2+,21-9-;/t10?,14-;/m1./s1. The van der Waals surface area contributed by atoms with E-state index in [1.165, 1.54) is 28.6 Å². The summed E-state index contributed by atoms with van der Waals surface area (Å²) in [6.45, 7) is 0. The van der Waals surface area contributed by atoms with E-state index in [2.05, 4.69) is 19.9 Å². The van der Waals surface area contributed by atoms with E-state index in [-0.39, 0.29) is 62.6 Å². The first-order chi connectivity index (χ1) is 15.9. The number of hydrogen-bond acceptors (Lipinski definition) is 13. The van der Waals surface area contributed by atoms with Crippen molar-refractivity contribution in [3.05, 3.63) is 33.2 Å². The molecule has 0 radical (unpaired) electrons. The molecule has 2 atom stereocenters. The first kappa shape index (κ1) is 29.1. The van der Waals surface area contributed by atoms with Gasteiger partial charge in [0.25, 0.3) is 21.8 Å². The Balaban J connectivity index is 0.00000432. The first-order valence-corrected chi connectivity index (χ1v) is 13.6. The fraction of sp³-hybridized carbons (Fsp3) is 0.250. The van der Waals surface area contributed by atoms with Crippen molar-refractivity contribution in [1.29, 1.82) is 0 Å². The van der Waals surface area contributed by atoms with Crippen LogP contribution in [0.2, 0.25) is 0 Å². The predicted octanol–water partition coefficient (Wildman–Crippen LogP) is -5.17.